The first-order valence-electron chi connectivity index (χ1n) is 10.3. The lowest BCUT2D eigenvalue weighted by atomic mass is 9.44. The van der Waals surface area contributed by atoms with Crippen molar-refractivity contribution in [3.63, 3.8) is 0 Å². The van der Waals surface area contributed by atoms with Crippen LogP contribution < -0.4 is 14.8 Å². The number of nitrogens with zero attached hydrogens (tertiary/aromatic N) is 2. The second-order valence-electron chi connectivity index (χ2n) is 8.66. The molecule has 0 spiro atoms. The Morgan fingerprint density at radius 1 is 1.30 bits per heavy atom. The van der Waals surface area contributed by atoms with E-state index in [-0.39, 0.29) is 35.8 Å². The summed E-state index contributed by atoms with van der Waals surface area (Å²) in [4.78, 5) is 25.2. The minimum absolute atomic E-state index is 0.0572. The van der Waals surface area contributed by atoms with Gasteiger partial charge in [-0.05, 0) is 37.5 Å². The van der Waals surface area contributed by atoms with E-state index in [1.807, 2.05) is 0 Å². The van der Waals surface area contributed by atoms with Gasteiger partial charge in [0.25, 0.3) is 5.91 Å². The zero-order chi connectivity index (χ0) is 23.4. The predicted octanol–water partition coefficient (Wildman–Crippen LogP) is 3.23. The SMILES string of the molecule is O=C1C[C@H](C(=O)NC23CC(n4cc(OCCOC(F)(F)F)cn4)(C2)C3)Oc2ccc(Cl)cc21. The molecule has 3 fully saturated rings. The van der Waals surface area contributed by atoms with Gasteiger partial charge in [-0.25, -0.2) is 0 Å². The quantitative estimate of drug-likeness (QED) is 0.605. The van der Waals surface area contributed by atoms with Crippen LogP contribution in [0, 0.1) is 0 Å². The van der Waals surface area contributed by atoms with Crippen LogP contribution >= 0.6 is 11.6 Å². The van der Waals surface area contributed by atoms with Crippen molar-refractivity contribution in [1.29, 1.82) is 0 Å². The molecule has 4 aliphatic rings. The molecule has 8 nitrogen and oxygen atoms in total. The molecule has 1 aliphatic heterocycles. The van der Waals surface area contributed by atoms with Gasteiger partial charge in [0.1, 0.15) is 12.4 Å². The fraction of sp³-hybridized carbons (Fsp3) is 0.476. The average Bonchev–Trinajstić information content (AvgIpc) is 3.15. The standard InChI is InChI=1S/C21H19ClF3N3O5/c22-12-1-2-16-14(5-12)15(29)6-17(33-16)18(30)27-19-9-20(10-19,11-19)28-8-13(7-26-28)31-3-4-32-21(23,24)25/h1-2,5,7-8,17H,3-4,6,9-11H2,(H,27,30)/t17-,19?,20?/m1/s1. The van der Waals surface area contributed by atoms with E-state index in [0.29, 0.717) is 41.3 Å². The van der Waals surface area contributed by atoms with Gasteiger partial charge in [-0.2, -0.15) is 5.10 Å². The lowest BCUT2D eigenvalue weighted by Crippen LogP contribution is -2.79. The number of carbonyl (C=O) groups excluding carboxylic acids is 2. The van der Waals surface area contributed by atoms with E-state index in [2.05, 4.69) is 15.2 Å². The molecule has 1 aromatic heterocycles. The van der Waals surface area contributed by atoms with E-state index in [4.69, 9.17) is 21.1 Å². The van der Waals surface area contributed by atoms with Gasteiger partial charge in [0.05, 0.1) is 36.5 Å². The van der Waals surface area contributed by atoms with Crippen molar-refractivity contribution in [3.8, 4) is 11.5 Å². The second kappa shape index (κ2) is 7.63. The van der Waals surface area contributed by atoms with Gasteiger partial charge in [0, 0.05) is 10.6 Å². The van der Waals surface area contributed by atoms with E-state index < -0.39 is 19.1 Å². The van der Waals surface area contributed by atoms with Crippen molar-refractivity contribution in [2.24, 2.45) is 0 Å². The topological polar surface area (TPSA) is 91.7 Å². The number of rotatable bonds is 7. The highest BCUT2D eigenvalue weighted by atomic mass is 35.5. The summed E-state index contributed by atoms with van der Waals surface area (Å²) in [5.74, 6) is 0.148. The largest absolute Gasteiger partial charge is 0.522 e. The van der Waals surface area contributed by atoms with Crippen LogP contribution in [0.2, 0.25) is 5.02 Å². The number of nitrogens with one attached hydrogen (secondary N) is 1. The number of benzene rings is 1. The molecule has 176 valence electrons. The highest BCUT2D eigenvalue weighted by Crippen LogP contribution is 2.65. The first-order chi connectivity index (χ1) is 15.6. The number of amides is 1. The number of hydrogen-bond acceptors (Lipinski definition) is 6. The minimum Gasteiger partial charge on any atom is -0.488 e. The van der Waals surface area contributed by atoms with Crippen molar-refractivity contribution in [2.45, 2.75) is 49.2 Å². The highest BCUT2D eigenvalue weighted by Gasteiger charge is 2.70. The molecule has 3 aliphatic carbocycles. The number of carbonyl (C=O) groups is 2. The predicted molar refractivity (Wildman–Crippen MR) is 107 cm³/mol. The van der Waals surface area contributed by atoms with Gasteiger partial charge in [0.2, 0.25) is 0 Å². The van der Waals surface area contributed by atoms with E-state index in [1.165, 1.54) is 12.3 Å². The maximum absolute atomic E-state index is 12.8. The fourth-order valence-electron chi connectivity index (χ4n) is 4.85. The highest BCUT2D eigenvalue weighted by molar-refractivity contribution is 6.31. The Morgan fingerprint density at radius 2 is 2.06 bits per heavy atom. The zero-order valence-corrected chi connectivity index (χ0v) is 17.9. The first kappa shape index (κ1) is 22.0. The number of Topliss-reactive ketones (excluding diaryl/α,β-unsaturated/α-hetero) is 1. The van der Waals surface area contributed by atoms with Crippen LogP contribution in [-0.2, 0) is 15.1 Å². The summed E-state index contributed by atoms with van der Waals surface area (Å²) in [6.45, 7) is -0.869. The van der Waals surface area contributed by atoms with Gasteiger partial charge < -0.3 is 14.8 Å². The smallest absolute Gasteiger partial charge is 0.488 e. The molecular formula is C21H19ClF3N3O5. The number of fused-ring (bicyclic) bond motifs is 1. The number of aromatic nitrogens is 2. The van der Waals surface area contributed by atoms with E-state index in [9.17, 15) is 22.8 Å². The van der Waals surface area contributed by atoms with E-state index >= 15 is 0 Å². The number of ketones is 1. The molecule has 1 aromatic carbocycles. The Bertz CT molecular complexity index is 1100. The maximum atomic E-state index is 12.8. The van der Waals surface area contributed by atoms with Crippen LogP contribution in [0.1, 0.15) is 36.0 Å². The summed E-state index contributed by atoms with van der Waals surface area (Å²) < 4.78 is 52.3. The van der Waals surface area contributed by atoms with Crippen LogP contribution in [0.3, 0.4) is 0 Å². The summed E-state index contributed by atoms with van der Waals surface area (Å²) >= 11 is 5.92. The third-order valence-electron chi connectivity index (χ3n) is 6.23. The Balaban J connectivity index is 1.13. The van der Waals surface area contributed by atoms with Crippen molar-refractivity contribution >= 4 is 23.3 Å². The monoisotopic (exact) mass is 485 g/mol. The molecule has 1 atom stereocenters. The third kappa shape index (κ3) is 4.15. The molecule has 0 saturated heterocycles. The summed E-state index contributed by atoms with van der Waals surface area (Å²) in [6, 6.07) is 4.71. The molecule has 2 aromatic rings. The van der Waals surface area contributed by atoms with Gasteiger partial charge >= 0.3 is 6.36 Å². The molecule has 2 heterocycles. The summed E-state index contributed by atoms with van der Waals surface area (Å²) in [6.07, 6.45) is -0.637. The molecule has 2 bridgehead atoms. The van der Waals surface area contributed by atoms with Crippen LogP contribution in [0.15, 0.2) is 30.6 Å². The Labute approximate surface area is 190 Å². The number of ether oxygens (including phenoxy) is 3. The Kier molecular flexibility index (Phi) is 5.09. The third-order valence-corrected chi connectivity index (χ3v) is 6.46. The van der Waals surface area contributed by atoms with Crippen LogP contribution in [0.5, 0.6) is 11.5 Å². The summed E-state index contributed by atoms with van der Waals surface area (Å²) in [5.41, 5.74) is -0.265. The number of hydrogen-bond donors (Lipinski definition) is 1. The average molecular weight is 486 g/mol. The molecule has 12 heteroatoms. The van der Waals surface area contributed by atoms with Crippen LogP contribution in [0.25, 0.3) is 0 Å². The van der Waals surface area contributed by atoms with Gasteiger partial charge in [-0.3, -0.25) is 19.0 Å². The lowest BCUT2D eigenvalue weighted by molar-refractivity contribution is -0.325. The van der Waals surface area contributed by atoms with Gasteiger partial charge in [-0.15, -0.1) is 13.2 Å². The molecule has 0 unspecified atom stereocenters. The van der Waals surface area contributed by atoms with Gasteiger partial charge in [-0.1, -0.05) is 11.6 Å². The fourth-order valence-corrected chi connectivity index (χ4v) is 5.02. The van der Waals surface area contributed by atoms with E-state index in [1.54, 1.807) is 23.0 Å². The molecule has 6 rings (SSSR count). The van der Waals surface area contributed by atoms with Crippen LogP contribution in [-0.4, -0.2) is 52.7 Å². The first-order valence-corrected chi connectivity index (χ1v) is 10.6. The van der Waals surface area contributed by atoms with Crippen molar-refractivity contribution in [1.82, 2.24) is 15.1 Å². The van der Waals surface area contributed by atoms with E-state index in [0.717, 1.165) is 0 Å². The Hall–Kier alpha value is -2.79. The number of halogens is 4. The molecular weight excluding hydrogens is 467 g/mol. The zero-order valence-electron chi connectivity index (χ0n) is 17.2. The van der Waals surface area contributed by atoms with Crippen molar-refractivity contribution < 1.29 is 37.0 Å². The summed E-state index contributed by atoms with van der Waals surface area (Å²) in [5, 5.41) is 7.69. The normalized spacial score (nSPS) is 27.6. The Morgan fingerprint density at radius 3 is 2.79 bits per heavy atom. The molecule has 1 amide bonds. The molecule has 0 radical (unpaired) electrons. The van der Waals surface area contributed by atoms with Crippen molar-refractivity contribution in [3.05, 3.63) is 41.2 Å². The molecule has 3 saturated carbocycles. The maximum Gasteiger partial charge on any atom is 0.522 e. The second-order valence-corrected chi connectivity index (χ2v) is 9.10. The minimum atomic E-state index is -4.69. The summed E-state index contributed by atoms with van der Waals surface area (Å²) in [7, 11) is 0. The molecule has 1 N–H and O–H groups in total. The molecule has 33 heavy (non-hydrogen) atoms. The van der Waals surface area contributed by atoms with Gasteiger partial charge in [0.15, 0.2) is 17.6 Å². The number of alkyl halides is 3. The van der Waals surface area contributed by atoms with Crippen LogP contribution in [0.4, 0.5) is 13.2 Å². The lowest BCUT2D eigenvalue weighted by Gasteiger charge is -2.70. The van der Waals surface area contributed by atoms with Crippen molar-refractivity contribution in [2.75, 3.05) is 13.2 Å².